The minimum atomic E-state index is -0.317. The standard InChI is InChI=1S/C20H16FO/c21-19-12-10-17(11-13-19)20(22)7-3-4-15-8-9-16-5-1-2-6-18(16)14-15/h1-2,5-6,8-13H,3-4,7H2. The normalized spacial score (nSPS) is 10.8. The van der Waals surface area contributed by atoms with E-state index in [4.69, 9.17) is 0 Å². The quantitative estimate of drug-likeness (QED) is 0.606. The minimum Gasteiger partial charge on any atom is -0.294 e. The SMILES string of the molecule is O=C(CCCc1[c]c2ccccc2cc1)c1ccc(F)cc1. The van der Waals surface area contributed by atoms with E-state index < -0.39 is 0 Å². The largest absolute Gasteiger partial charge is 0.294 e. The van der Waals surface area contributed by atoms with Crippen LogP contribution in [-0.2, 0) is 6.42 Å². The number of hydrogen-bond acceptors (Lipinski definition) is 1. The highest BCUT2D eigenvalue weighted by molar-refractivity contribution is 5.96. The Morgan fingerprint density at radius 1 is 0.955 bits per heavy atom. The molecule has 0 aliphatic carbocycles. The van der Waals surface area contributed by atoms with E-state index in [9.17, 15) is 9.18 Å². The molecule has 0 atom stereocenters. The van der Waals surface area contributed by atoms with Crippen LogP contribution in [0.1, 0.15) is 28.8 Å². The summed E-state index contributed by atoms with van der Waals surface area (Å²) in [6, 6.07) is 21.4. The van der Waals surface area contributed by atoms with Gasteiger partial charge in [0, 0.05) is 12.0 Å². The number of rotatable bonds is 5. The van der Waals surface area contributed by atoms with E-state index in [1.807, 2.05) is 18.2 Å². The molecule has 109 valence electrons. The summed E-state index contributed by atoms with van der Waals surface area (Å²) in [6.45, 7) is 0. The molecule has 0 spiro atoms. The summed E-state index contributed by atoms with van der Waals surface area (Å²) in [4.78, 5) is 12.0. The second-order valence-corrected chi connectivity index (χ2v) is 5.35. The van der Waals surface area contributed by atoms with Crippen molar-refractivity contribution in [1.29, 1.82) is 0 Å². The van der Waals surface area contributed by atoms with E-state index in [0.29, 0.717) is 12.0 Å². The zero-order valence-corrected chi connectivity index (χ0v) is 12.2. The van der Waals surface area contributed by atoms with Crippen LogP contribution in [0.3, 0.4) is 0 Å². The molecule has 0 saturated carbocycles. The van der Waals surface area contributed by atoms with Crippen LogP contribution in [0, 0.1) is 11.9 Å². The summed E-state index contributed by atoms with van der Waals surface area (Å²) in [5, 5.41) is 2.28. The lowest BCUT2D eigenvalue weighted by molar-refractivity contribution is 0.0980. The summed E-state index contributed by atoms with van der Waals surface area (Å²) in [5.74, 6) is -0.261. The Balaban J connectivity index is 1.59. The van der Waals surface area contributed by atoms with Gasteiger partial charge in [-0.2, -0.15) is 0 Å². The molecule has 0 N–H and O–H groups in total. The first-order valence-electron chi connectivity index (χ1n) is 7.41. The van der Waals surface area contributed by atoms with Gasteiger partial charge < -0.3 is 0 Å². The van der Waals surface area contributed by atoms with Crippen LogP contribution >= 0.6 is 0 Å². The number of aryl methyl sites for hydroxylation is 1. The molecule has 0 unspecified atom stereocenters. The highest BCUT2D eigenvalue weighted by Gasteiger charge is 2.06. The van der Waals surface area contributed by atoms with Crippen molar-refractivity contribution in [2.24, 2.45) is 0 Å². The van der Waals surface area contributed by atoms with Crippen molar-refractivity contribution < 1.29 is 9.18 Å². The van der Waals surface area contributed by atoms with Gasteiger partial charge >= 0.3 is 0 Å². The maximum Gasteiger partial charge on any atom is 0.162 e. The maximum atomic E-state index is 12.8. The van der Waals surface area contributed by atoms with Gasteiger partial charge in [0.25, 0.3) is 0 Å². The van der Waals surface area contributed by atoms with Crippen LogP contribution in [0.5, 0.6) is 0 Å². The number of fused-ring (bicyclic) bond motifs is 1. The molecule has 3 aromatic carbocycles. The van der Waals surface area contributed by atoms with E-state index >= 15 is 0 Å². The van der Waals surface area contributed by atoms with Crippen molar-refractivity contribution in [1.82, 2.24) is 0 Å². The van der Waals surface area contributed by atoms with E-state index in [0.717, 1.165) is 23.8 Å². The number of benzene rings is 3. The van der Waals surface area contributed by atoms with Crippen molar-refractivity contribution in [2.75, 3.05) is 0 Å². The molecular weight excluding hydrogens is 275 g/mol. The highest BCUT2D eigenvalue weighted by Crippen LogP contribution is 2.17. The van der Waals surface area contributed by atoms with Crippen molar-refractivity contribution in [3.63, 3.8) is 0 Å². The van der Waals surface area contributed by atoms with Crippen LogP contribution in [0.4, 0.5) is 4.39 Å². The van der Waals surface area contributed by atoms with Crippen LogP contribution in [0.15, 0.2) is 60.7 Å². The minimum absolute atomic E-state index is 0.0563. The third kappa shape index (κ3) is 3.40. The number of carbonyl (C=O) groups is 1. The van der Waals surface area contributed by atoms with Crippen LogP contribution in [-0.4, -0.2) is 5.78 Å². The smallest absolute Gasteiger partial charge is 0.162 e. The molecular formula is C20H16FO. The Bertz CT molecular complexity index is 790. The molecule has 0 aromatic heterocycles. The fourth-order valence-electron chi connectivity index (χ4n) is 2.53. The second-order valence-electron chi connectivity index (χ2n) is 5.35. The van der Waals surface area contributed by atoms with Crippen molar-refractivity contribution >= 4 is 16.6 Å². The molecule has 1 radical (unpaired) electrons. The number of Topliss-reactive ketones (excluding diaryl/α,β-unsaturated/α-hetero) is 1. The average Bonchev–Trinajstić information content (AvgIpc) is 2.55. The van der Waals surface area contributed by atoms with Gasteiger partial charge in [-0.25, -0.2) is 4.39 Å². The third-order valence-corrected chi connectivity index (χ3v) is 3.74. The number of carbonyl (C=O) groups excluding carboxylic acids is 1. The Morgan fingerprint density at radius 2 is 1.73 bits per heavy atom. The first-order chi connectivity index (χ1) is 10.7. The van der Waals surface area contributed by atoms with E-state index in [-0.39, 0.29) is 11.6 Å². The molecule has 0 fully saturated rings. The summed E-state index contributed by atoms with van der Waals surface area (Å²) in [5.41, 5.74) is 1.69. The lowest BCUT2D eigenvalue weighted by atomic mass is 10.0. The number of hydrogen-bond donors (Lipinski definition) is 0. The summed E-state index contributed by atoms with van der Waals surface area (Å²) in [7, 11) is 0. The maximum absolute atomic E-state index is 12.8. The fourth-order valence-corrected chi connectivity index (χ4v) is 2.53. The first-order valence-corrected chi connectivity index (χ1v) is 7.41. The molecule has 22 heavy (non-hydrogen) atoms. The monoisotopic (exact) mass is 291 g/mol. The molecule has 2 heteroatoms. The second kappa shape index (κ2) is 6.52. The summed E-state index contributed by atoms with van der Waals surface area (Å²) >= 11 is 0. The lowest BCUT2D eigenvalue weighted by Crippen LogP contribution is -2.00. The van der Waals surface area contributed by atoms with Crippen molar-refractivity contribution in [2.45, 2.75) is 19.3 Å². The molecule has 3 aromatic rings. The molecule has 0 aliphatic rings. The molecule has 0 aliphatic heterocycles. The average molecular weight is 291 g/mol. The molecule has 0 saturated heterocycles. The predicted molar refractivity (Wildman–Crippen MR) is 86.5 cm³/mol. The van der Waals surface area contributed by atoms with Gasteiger partial charge in [-0.05, 0) is 59.5 Å². The Kier molecular flexibility index (Phi) is 4.29. The van der Waals surface area contributed by atoms with Crippen molar-refractivity contribution in [3.05, 3.63) is 83.7 Å². The predicted octanol–water partition coefficient (Wildman–Crippen LogP) is 4.98. The molecule has 0 heterocycles. The van der Waals surface area contributed by atoms with E-state index in [2.05, 4.69) is 24.3 Å². The molecule has 3 rings (SSSR count). The van der Waals surface area contributed by atoms with Gasteiger partial charge in [0.05, 0.1) is 0 Å². The first kappa shape index (κ1) is 14.5. The van der Waals surface area contributed by atoms with E-state index in [1.54, 1.807) is 12.1 Å². The zero-order valence-electron chi connectivity index (χ0n) is 12.2. The van der Waals surface area contributed by atoms with Crippen LogP contribution in [0.25, 0.3) is 10.8 Å². The van der Waals surface area contributed by atoms with E-state index in [1.165, 1.54) is 17.5 Å². The molecule has 1 nitrogen and oxygen atoms in total. The Hall–Kier alpha value is -2.48. The molecule has 0 bridgehead atoms. The zero-order chi connectivity index (χ0) is 15.4. The summed E-state index contributed by atoms with van der Waals surface area (Å²) < 4.78 is 12.8. The highest BCUT2D eigenvalue weighted by atomic mass is 19.1. The third-order valence-electron chi connectivity index (χ3n) is 3.74. The van der Waals surface area contributed by atoms with Gasteiger partial charge in [0.1, 0.15) is 5.82 Å². The molecule has 0 amide bonds. The Morgan fingerprint density at radius 3 is 2.55 bits per heavy atom. The number of ketones is 1. The van der Waals surface area contributed by atoms with Gasteiger partial charge in [-0.3, -0.25) is 4.79 Å². The Labute approximate surface area is 129 Å². The van der Waals surface area contributed by atoms with Gasteiger partial charge in [-0.15, -0.1) is 0 Å². The lowest BCUT2D eigenvalue weighted by Gasteiger charge is -2.04. The van der Waals surface area contributed by atoms with Crippen molar-refractivity contribution in [3.8, 4) is 0 Å². The summed E-state index contributed by atoms with van der Waals surface area (Å²) in [6.07, 6.45) is 2.05. The van der Waals surface area contributed by atoms with Gasteiger partial charge in [-0.1, -0.05) is 36.4 Å². The van der Waals surface area contributed by atoms with Gasteiger partial charge in [0.15, 0.2) is 5.78 Å². The van der Waals surface area contributed by atoms with Crippen LogP contribution in [0.2, 0.25) is 0 Å². The van der Waals surface area contributed by atoms with Gasteiger partial charge in [0.2, 0.25) is 0 Å². The number of halogens is 1. The fraction of sp³-hybridized carbons (Fsp3) is 0.150. The van der Waals surface area contributed by atoms with Crippen LogP contribution < -0.4 is 0 Å². The topological polar surface area (TPSA) is 17.1 Å².